The van der Waals surface area contributed by atoms with E-state index >= 15 is 0 Å². The van der Waals surface area contributed by atoms with Crippen molar-refractivity contribution < 1.29 is 0 Å². The zero-order valence-corrected chi connectivity index (χ0v) is 13.7. The number of aliphatic imine (C=N–C) groups is 1. The zero-order valence-electron chi connectivity index (χ0n) is 13.7. The number of nitriles is 1. The molecule has 0 fully saturated rings. The molecule has 120 valence electrons. The monoisotopic (exact) mass is 325 g/mol. The summed E-state index contributed by atoms with van der Waals surface area (Å²) in [5, 5.41) is 16.5. The molecular weight excluding hydrogens is 310 g/mol. The van der Waals surface area contributed by atoms with Crippen LogP contribution >= 0.6 is 0 Å². The van der Waals surface area contributed by atoms with E-state index in [2.05, 4.69) is 26.1 Å². The first-order valence-corrected chi connectivity index (χ1v) is 7.74. The first-order chi connectivity index (χ1) is 12.2. The topological polar surface area (TPSA) is 69.2 Å². The van der Waals surface area contributed by atoms with Gasteiger partial charge in [0.15, 0.2) is 11.5 Å². The van der Waals surface area contributed by atoms with Crippen LogP contribution in [0.15, 0.2) is 53.5 Å². The Balaban J connectivity index is 1.82. The molecule has 0 aliphatic carbocycles. The van der Waals surface area contributed by atoms with Gasteiger partial charge in [0.1, 0.15) is 11.6 Å². The van der Waals surface area contributed by atoms with Gasteiger partial charge < -0.3 is 0 Å². The second kappa shape index (κ2) is 7.25. The van der Waals surface area contributed by atoms with Gasteiger partial charge in [-0.3, -0.25) is 5.10 Å². The number of aryl methyl sites for hydroxylation is 1. The van der Waals surface area contributed by atoms with Crippen LogP contribution in [0.5, 0.6) is 0 Å². The van der Waals surface area contributed by atoms with Crippen molar-refractivity contribution in [1.29, 1.82) is 5.26 Å². The molecule has 0 aliphatic heterocycles. The number of rotatable bonds is 4. The molecule has 0 bridgehead atoms. The van der Waals surface area contributed by atoms with E-state index in [0.29, 0.717) is 29.2 Å². The van der Waals surface area contributed by atoms with Crippen molar-refractivity contribution in [3.63, 3.8) is 0 Å². The molecule has 0 aliphatic rings. The third-order valence-electron chi connectivity index (χ3n) is 3.79. The molecule has 0 radical (unpaired) electrons. The lowest BCUT2D eigenvalue weighted by Gasteiger charge is -1.99. The molecule has 0 atom stereocenters. The first kappa shape index (κ1) is 16.2. The fraction of sp³-hybridized carbons (Fsp3) is 0.100. The van der Waals surface area contributed by atoms with Crippen molar-refractivity contribution in [3.8, 4) is 6.07 Å². The van der Waals surface area contributed by atoms with Gasteiger partial charge in [0, 0.05) is 12.6 Å². The van der Waals surface area contributed by atoms with Crippen molar-refractivity contribution in [2.45, 2.75) is 13.3 Å². The summed E-state index contributed by atoms with van der Waals surface area (Å²) in [6.07, 6.45) is 2.24. The van der Waals surface area contributed by atoms with Crippen molar-refractivity contribution >= 4 is 17.7 Å². The zero-order chi connectivity index (χ0) is 17.6. The summed E-state index contributed by atoms with van der Waals surface area (Å²) in [6, 6.07) is 17.4. The van der Waals surface area contributed by atoms with Crippen LogP contribution in [0.1, 0.15) is 27.9 Å². The summed E-state index contributed by atoms with van der Waals surface area (Å²) in [4.78, 5) is 7.71. The van der Waals surface area contributed by atoms with Crippen LogP contribution in [-0.4, -0.2) is 16.4 Å². The highest BCUT2D eigenvalue weighted by Crippen LogP contribution is 2.22. The Bertz CT molecular complexity index is 981. The molecule has 1 aromatic heterocycles. The minimum absolute atomic E-state index is 0.385. The van der Waals surface area contributed by atoms with Gasteiger partial charge in [-0.1, -0.05) is 54.1 Å². The van der Waals surface area contributed by atoms with Gasteiger partial charge in [0.2, 0.25) is 0 Å². The maximum atomic E-state index is 9.46. The van der Waals surface area contributed by atoms with E-state index in [1.807, 2.05) is 43.3 Å². The predicted octanol–water partition coefficient (Wildman–Crippen LogP) is 4.48. The van der Waals surface area contributed by atoms with Crippen LogP contribution < -0.4 is 0 Å². The van der Waals surface area contributed by atoms with E-state index in [0.717, 1.165) is 11.1 Å². The Morgan fingerprint density at radius 2 is 1.92 bits per heavy atom. The Hall–Kier alpha value is -3.70. The lowest BCUT2D eigenvalue weighted by Crippen LogP contribution is -1.91. The third kappa shape index (κ3) is 3.80. The number of nitrogens with one attached hydrogen (secondary N) is 1. The summed E-state index contributed by atoms with van der Waals surface area (Å²) in [7, 11) is 0. The van der Waals surface area contributed by atoms with Crippen LogP contribution in [0.25, 0.3) is 4.85 Å². The van der Waals surface area contributed by atoms with Crippen LogP contribution in [0.4, 0.5) is 11.5 Å². The molecule has 0 saturated heterocycles. The minimum atomic E-state index is 0.385. The highest BCUT2D eigenvalue weighted by Gasteiger charge is 2.12. The number of H-pyrrole nitrogens is 1. The smallest absolute Gasteiger partial charge is 0.191 e. The molecule has 0 unspecified atom stereocenters. The first-order valence-electron chi connectivity index (χ1n) is 7.74. The van der Waals surface area contributed by atoms with Crippen molar-refractivity contribution in [3.05, 3.63) is 87.9 Å². The molecule has 0 amide bonds. The Kier molecular flexibility index (Phi) is 4.69. The number of nitrogens with zero attached hydrogens (tertiary/aromatic N) is 4. The van der Waals surface area contributed by atoms with E-state index in [4.69, 9.17) is 6.57 Å². The van der Waals surface area contributed by atoms with E-state index in [-0.39, 0.29) is 0 Å². The SMILES string of the molecule is [C-]#[N+]c1ccc(Cc2[nH]nc(N=Cc3ccc(C)cc3)c2C#N)cc1. The van der Waals surface area contributed by atoms with Gasteiger partial charge in [-0.15, -0.1) is 0 Å². The van der Waals surface area contributed by atoms with Crippen LogP contribution in [0.3, 0.4) is 0 Å². The van der Waals surface area contributed by atoms with E-state index in [1.165, 1.54) is 5.56 Å². The van der Waals surface area contributed by atoms with Gasteiger partial charge in [-0.25, -0.2) is 9.84 Å². The highest BCUT2D eigenvalue weighted by molar-refractivity contribution is 5.82. The van der Waals surface area contributed by atoms with Crippen LogP contribution in [0.2, 0.25) is 0 Å². The molecule has 3 rings (SSSR count). The van der Waals surface area contributed by atoms with Gasteiger partial charge in [0.25, 0.3) is 0 Å². The lowest BCUT2D eigenvalue weighted by atomic mass is 10.1. The summed E-state index contributed by atoms with van der Waals surface area (Å²) >= 11 is 0. The Morgan fingerprint density at radius 1 is 1.20 bits per heavy atom. The predicted molar refractivity (Wildman–Crippen MR) is 97.2 cm³/mol. The molecule has 2 aromatic carbocycles. The largest absolute Gasteiger partial charge is 0.279 e. The second-order valence-electron chi connectivity index (χ2n) is 5.64. The molecule has 3 aromatic rings. The summed E-state index contributed by atoms with van der Waals surface area (Å²) in [5.41, 5.74) is 4.89. The molecular formula is C20H15N5. The highest BCUT2D eigenvalue weighted by atomic mass is 15.2. The van der Waals surface area contributed by atoms with Gasteiger partial charge in [-0.2, -0.15) is 10.4 Å². The van der Waals surface area contributed by atoms with Gasteiger partial charge >= 0.3 is 0 Å². The molecule has 0 spiro atoms. The van der Waals surface area contributed by atoms with Crippen LogP contribution in [-0.2, 0) is 6.42 Å². The summed E-state index contributed by atoms with van der Waals surface area (Å²) in [6.45, 7) is 9.01. The second-order valence-corrected chi connectivity index (χ2v) is 5.64. The summed E-state index contributed by atoms with van der Waals surface area (Å²) < 4.78 is 0. The number of aromatic amines is 1. The summed E-state index contributed by atoms with van der Waals surface area (Å²) in [5.74, 6) is 0.385. The molecule has 1 heterocycles. The average Bonchev–Trinajstić information content (AvgIpc) is 3.03. The standard InChI is InChI=1S/C20H15N5/c1-14-3-5-16(6-4-14)13-23-20-18(12-21)19(24-25-20)11-15-7-9-17(22-2)10-8-15/h3-10,13H,11H2,1H3,(H,24,25). The molecule has 25 heavy (non-hydrogen) atoms. The normalized spacial score (nSPS) is 10.5. The number of hydrogen-bond donors (Lipinski definition) is 1. The quantitative estimate of drug-likeness (QED) is 0.567. The maximum Gasteiger partial charge on any atom is 0.191 e. The van der Waals surface area contributed by atoms with Crippen molar-refractivity contribution in [2.75, 3.05) is 0 Å². The number of hydrogen-bond acceptors (Lipinski definition) is 3. The third-order valence-corrected chi connectivity index (χ3v) is 3.79. The van der Waals surface area contributed by atoms with Crippen LogP contribution in [0, 0.1) is 24.8 Å². The molecule has 5 nitrogen and oxygen atoms in total. The number of aromatic nitrogens is 2. The van der Waals surface area contributed by atoms with Crippen molar-refractivity contribution in [2.24, 2.45) is 4.99 Å². The lowest BCUT2D eigenvalue weighted by molar-refractivity contribution is 0.993. The van der Waals surface area contributed by atoms with E-state index in [1.54, 1.807) is 18.3 Å². The van der Waals surface area contributed by atoms with Gasteiger partial charge in [0.05, 0.1) is 12.3 Å². The fourth-order valence-electron chi connectivity index (χ4n) is 2.39. The van der Waals surface area contributed by atoms with E-state index < -0.39 is 0 Å². The average molecular weight is 325 g/mol. The molecule has 0 saturated carbocycles. The van der Waals surface area contributed by atoms with Gasteiger partial charge in [-0.05, 0) is 18.1 Å². The van der Waals surface area contributed by atoms with E-state index in [9.17, 15) is 5.26 Å². The Morgan fingerprint density at radius 3 is 2.56 bits per heavy atom. The minimum Gasteiger partial charge on any atom is -0.279 e. The van der Waals surface area contributed by atoms with Crippen molar-refractivity contribution in [1.82, 2.24) is 10.2 Å². The Labute approximate surface area is 146 Å². The maximum absolute atomic E-state index is 9.46. The molecule has 1 N–H and O–H groups in total. The fourth-order valence-corrected chi connectivity index (χ4v) is 2.39. The molecule has 5 heteroatoms. The number of benzene rings is 2.